The summed E-state index contributed by atoms with van der Waals surface area (Å²) in [4.78, 5) is 29.8. The molecule has 2 aliphatic rings. The average molecular weight is 500 g/mol. The molecule has 7 heteroatoms. The zero-order valence-electron chi connectivity index (χ0n) is 20.8. The Hall–Kier alpha value is -2.44. The number of fused-ring (bicyclic) bond motifs is 1. The van der Waals surface area contributed by atoms with Crippen molar-refractivity contribution in [3.05, 3.63) is 70.5 Å². The maximum Gasteiger partial charge on any atom is 0.258 e. The van der Waals surface area contributed by atoms with E-state index in [0.29, 0.717) is 31.3 Å². The largest absolute Gasteiger partial charge is 0.349 e. The first-order valence-electron chi connectivity index (χ1n) is 12.4. The van der Waals surface area contributed by atoms with E-state index in [-0.39, 0.29) is 33.9 Å². The van der Waals surface area contributed by atoms with E-state index in [9.17, 15) is 14.0 Å². The van der Waals surface area contributed by atoms with Crippen molar-refractivity contribution in [3.8, 4) is 0 Å². The number of nitrogens with one attached hydrogen (secondary N) is 1. The van der Waals surface area contributed by atoms with E-state index < -0.39 is 5.82 Å². The molecule has 0 bridgehead atoms. The minimum Gasteiger partial charge on any atom is -0.349 e. The van der Waals surface area contributed by atoms with Crippen LogP contribution in [0.25, 0.3) is 0 Å². The normalized spacial score (nSPS) is 21.1. The van der Waals surface area contributed by atoms with Gasteiger partial charge in [0.1, 0.15) is 5.82 Å². The molecule has 2 fully saturated rings. The summed E-state index contributed by atoms with van der Waals surface area (Å²) in [6.07, 6.45) is 1.31. The smallest absolute Gasteiger partial charge is 0.258 e. The van der Waals surface area contributed by atoms with Crippen LogP contribution in [0.2, 0.25) is 5.02 Å². The van der Waals surface area contributed by atoms with Crippen LogP contribution < -0.4 is 5.32 Å². The number of carbonyl (C=O) groups is 2. The van der Waals surface area contributed by atoms with Crippen LogP contribution >= 0.6 is 11.6 Å². The van der Waals surface area contributed by atoms with Crippen LogP contribution in [-0.4, -0.2) is 54.3 Å². The lowest BCUT2D eigenvalue weighted by molar-refractivity contribution is -0.123. The van der Waals surface area contributed by atoms with Crippen molar-refractivity contribution < 1.29 is 14.0 Å². The second-order valence-corrected chi connectivity index (χ2v) is 11.6. The van der Waals surface area contributed by atoms with E-state index >= 15 is 0 Å². The topological polar surface area (TPSA) is 52.7 Å². The molecular weight excluding hydrogens is 465 g/mol. The Morgan fingerprint density at radius 3 is 2.29 bits per heavy atom. The number of likely N-dealkylation sites (tertiary alicyclic amines) is 2. The van der Waals surface area contributed by atoms with Crippen molar-refractivity contribution in [2.75, 3.05) is 32.7 Å². The van der Waals surface area contributed by atoms with Crippen molar-refractivity contribution in [2.24, 2.45) is 17.3 Å². The molecule has 2 heterocycles. The second-order valence-electron chi connectivity index (χ2n) is 11.1. The van der Waals surface area contributed by atoms with Gasteiger partial charge in [-0.05, 0) is 41.4 Å². The first-order valence-corrected chi connectivity index (χ1v) is 12.8. The molecule has 5 nitrogen and oxygen atoms in total. The highest BCUT2D eigenvalue weighted by atomic mass is 35.5. The highest BCUT2D eigenvalue weighted by Gasteiger charge is 2.42. The maximum absolute atomic E-state index is 14.2. The van der Waals surface area contributed by atoms with Gasteiger partial charge in [-0.3, -0.25) is 9.59 Å². The van der Waals surface area contributed by atoms with Crippen LogP contribution in [0.3, 0.4) is 0 Å². The number of hydrogen-bond donors (Lipinski definition) is 1. The molecule has 4 rings (SSSR count). The van der Waals surface area contributed by atoms with Gasteiger partial charge in [0, 0.05) is 39.1 Å². The number of benzene rings is 2. The molecule has 3 unspecified atom stereocenters. The maximum atomic E-state index is 14.2. The summed E-state index contributed by atoms with van der Waals surface area (Å²) in [5, 5.41) is 3.41. The van der Waals surface area contributed by atoms with Gasteiger partial charge < -0.3 is 15.1 Å². The van der Waals surface area contributed by atoms with E-state index in [2.05, 4.69) is 43.1 Å². The van der Waals surface area contributed by atoms with Gasteiger partial charge in [-0.1, -0.05) is 68.8 Å². The fourth-order valence-corrected chi connectivity index (χ4v) is 5.59. The van der Waals surface area contributed by atoms with Gasteiger partial charge >= 0.3 is 0 Å². The fourth-order valence-electron chi connectivity index (χ4n) is 5.35. The van der Waals surface area contributed by atoms with Crippen LogP contribution in [0, 0.1) is 23.1 Å². The Kier molecular flexibility index (Phi) is 7.82. The molecule has 3 atom stereocenters. The molecule has 188 valence electrons. The lowest BCUT2D eigenvalue weighted by atomic mass is 9.91. The molecule has 0 radical (unpaired) electrons. The first-order chi connectivity index (χ1) is 16.6. The quantitative estimate of drug-likeness (QED) is 0.572. The van der Waals surface area contributed by atoms with Gasteiger partial charge in [-0.15, -0.1) is 0 Å². The zero-order chi connectivity index (χ0) is 25.2. The Labute approximate surface area is 212 Å². The van der Waals surface area contributed by atoms with Crippen molar-refractivity contribution in [1.82, 2.24) is 15.1 Å². The van der Waals surface area contributed by atoms with Crippen LogP contribution in [0.4, 0.5) is 4.39 Å². The Morgan fingerprint density at radius 1 is 1.03 bits per heavy atom. The molecule has 2 aromatic rings. The van der Waals surface area contributed by atoms with Gasteiger partial charge in [0.25, 0.3) is 5.91 Å². The molecule has 2 aromatic carbocycles. The molecular formula is C28H35ClFN3O2. The van der Waals surface area contributed by atoms with Crippen molar-refractivity contribution in [1.29, 1.82) is 0 Å². The number of rotatable bonds is 7. The summed E-state index contributed by atoms with van der Waals surface area (Å²) in [7, 11) is 0. The first kappa shape index (κ1) is 25.6. The van der Waals surface area contributed by atoms with Crippen molar-refractivity contribution in [3.63, 3.8) is 0 Å². The Morgan fingerprint density at radius 2 is 1.69 bits per heavy atom. The lowest BCUT2D eigenvalue weighted by Gasteiger charge is -2.26. The zero-order valence-corrected chi connectivity index (χ0v) is 21.5. The number of halogens is 2. The summed E-state index contributed by atoms with van der Waals surface area (Å²) >= 11 is 6.11. The Balaban J connectivity index is 1.33. The second kappa shape index (κ2) is 10.7. The predicted molar refractivity (Wildman–Crippen MR) is 137 cm³/mol. The molecule has 2 saturated heterocycles. The van der Waals surface area contributed by atoms with Gasteiger partial charge in [0.2, 0.25) is 5.91 Å². The molecule has 0 saturated carbocycles. The lowest BCUT2D eigenvalue weighted by Crippen LogP contribution is -2.36. The number of amides is 2. The van der Waals surface area contributed by atoms with Gasteiger partial charge in [0.05, 0.1) is 16.6 Å². The molecule has 0 spiro atoms. The van der Waals surface area contributed by atoms with Crippen molar-refractivity contribution >= 4 is 23.4 Å². The highest BCUT2D eigenvalue weighted by molar-refractivity contribution is 6.33. The number of nitrogens with zero attached hydrogens (tertiary/aromatic N) is 2. The third-order valence-electron chi connectivity index (χ3n) is 6.99. The summed E-state index contributed by atoms with van der Waals surface area (Å²) in [6, 6.07) is 14.4. The molecule has 1 N–H and O–H groups in total. The van der Waals surface area contributed by atoms with Gasteiger partial charge in [-0.2, -0.15) is 0 Å². The molecule has 2 aliphatic heterocycles. The third kappa shape index (κ3) is 6.42. The van der Waals surface area contributed by atoms with Crippen LogP contribution in [0.5, 0.6) is 0 Å². The van der Waals surface area contributed by atoms with Crippen LogP contribution in [0.15, 0.2) is 48.5 Å². The summed E-state index contributed by atoms with van der Waals surface area (Å²) in [5.41, 5.74) is 1.03. The monoisotopic (exact) mass is 499 g/mol. The van der Waals surface area contributed by atoms with Crippen LogP contribution in [-0.2, 0) is 4.79 Å². The van der Waals surface area contributed by atoms with Gasteiger partial charge in [0.15, 0.2) is 0 Å². The number of carbonyl (C=O) groups excluding carboxylic acids is 2. The molecule has 2 amide bonds. The Bertz CT molecular complexity index is 1020. The predicted octanol–water partition coefficient (Wildman–Crippen LogP) is 5.17. The molecule has 0 aliphatic carbocycles. The molecule has 0 aromatic heterocycles. The van der Waals surface area contributed by atoms with E-state index in [0.717, 1.165) is 31.6 Å². The summed E-state index contributed by atoms with van der Waals surface area (Å²) in [5.74, 6) is -0.0719. The standard InChI is InChI=1S/C28H35ClFN3O2/c1-28(2,3)14-25(34)31-24(19-8-5-4-6-9-19)12-13-32-15-20-17-33(18-21(20)16-32)27(35)26-22(29)10-7-11-23(26)30/h4-11,20-21,24H,12-18H2,1-3H3,(H,31,34). The van der Waals surface area contributed by atoms with E-state index in [1.165, 1.54) is 12.1 Å². The SMILES string of the molecule is CC(C)(C)CC(=O)NC(CCN1CC2CN(C(=O)c3c(F)cccc3Cl)CC2C1)c1ccccc1. The van der Waals surface area contributed by atoms with Crippen molar-refractivity contribution in [2.45, 2.75) is 39.7 Å². The average Bonchev–Trinajstić information content (AvgIpc) is 3.35. The van der Waals surface area contributed by atoms with Crippen LogP contribution in [0.1, 0.15) is 55.6 Å². The van der Waals surface area contributed by atoms with E-state index in [1.807, 2.05) is 18.2 Å². The number of hydrogen-bond acceptors (Lipinski definition) is 3. The highest BCUT2D eigenvalue weighted by Crippen LogP contribution is 2.34. The summed E-state index contributed by atoms with van der Waals surface area (Å²) < 4.78 is 14.2. The fraction of sp³-hybridized carbons (Fsp3) is 0.500. The minimum absolute atomic E-state index is 0.0253. The van der Waals surface area contributed by atoms with E-state index in [4.69, 9.17) is 11.6 Å². The minimum atomic E-state index is -0.568. The molecule has 35 heavy (non-hydrogen) atoms. The van der Waals surface area contributed by atoms with Gasteiger partial charge in [-0.25, -0.2) is 4.39 Å². The van der Waals surface area contributed by atoms with E-state index in [1.54, 1.807) is 11.0 Å². The summed E-state index contributed by atoms with van der Waals surface area (Å²) in [6.45, 7) is 10.1. The third-order valence-corrected chi connectivity index (χ3v) is 7.30.